The van der Waals surface area contributed by atoms with Crippen molar-refractivity contribution in [1.29, 1.82) is 0 Å². The number of hydrogen-bond donors (Lipinski definition) is 0. The van der Waals surface area contributed by atoms with Gasteiger partial charge in [-0.25, -0.2) is 0 Å². The van der Waals surface area contributed by atoms with E-state index in [1.807, 2.05) is 42.1 Å². The summed E-state index contributed by atoms with van der Waals surface area (Å²) < 4.78 is 41.1. The lowest BCUT2D eigenvalue weighted by Crippen LogP contribution is -2.36. The first-order valence-corrected chi connectivity index (χ1v) is 23.9. The summed E-state index contributed by atoms with van der Waals surface area (Å²) in [6.07, 6.45) is 10.7. The number of anilines is 1. The number of nitrogens with zero attached hydrogens (tertiary/aromatic N) is 6. The number of ether oxygens (including phenoxy) is 7. The topological polar surface area (TPSA) is 154 Å². The molecule has 0 saturated carbocycles. The van der Waals surface area contributed by atoms with Crippen LogP contribution in [0.5, 0.6) is 23.0 Å². The summed E-state index contributed by atoms with van der Waals surface area (Å²) in [5, 5.41) is 0. The van der Waals surface area contributed by atoms with Gasteiger partial charge in [0, 0.05) is 83.6 Å². The summed E-state index contributed by atoms with van der Waals surface area (Å²) in [4.78, 5) is 57.2. The first-order chi connectivity index (χ1) is 33.5. The zero-order valence-corrected chi connectivity index (χ0v) is 41.3. The van der Waals surface area contributed by atoms with E-state index in [1.165, 1.54) is 11.1 Å². The number of aliphatic imine (C=N–C) groups is 2. The van der Waals surface area contributed by atoms with Gasteiger partial charge in [-0.1, -0.05) is 23.3 Å². The smallest absolute Gasteiger partial charge is 0.257 e. The molecule has 7 rings (SSSR count). The van der Waals surface area contributed by atoms with E-state index in [4.69, 9.17) is 43.1 Å². The number of hydrogen-bond acceptors (Lipinski definition) is 14. The summed E-state index contributed by atoms with van der Waals surface area (Å²) in [5.74, 6) is 1.80. The van der Waals surface area contributed by atoms with Crippen LogP contribution in [0.25, 0.3) is 0 Å². The molecule has 2 atom stereocenters. The lowest BCUT2D eigenvalue weighted by Gasteiger charge is -2.27. The van der Waals surface area contributed by atoms with E-state index in [9.17, 15) is 14.4 Å². The number of ketones is 1. The van der Waals surface area contributed by atoms with E-state index < -0.39 is 0 Å². The number of fused-ring (bicyclic) bond motifs is 4. The minimum absolute atomic E-state index is 0.0873. The van der Waals surface area contributed by atoms with Gasteiger partial charge in [-0.2, -0.15) is 0 Å². The molecular weight excluding hydrogens is 881 g/mol. The van der Waals surface area contributed by atoms with E-state index in [0.717, 1.165) is 49.2 Å². The molecular formula is C53H68N6O10. The molecule has 4 aliphatic rings. The molecule has 69 heavy (non-hydrogen) atoms. The number of rotatable bonds is 25. The van der Waals surface area contributed by atoms with Gasteiger partial charge in [0.2, 0.25) is 0 Å². The number of Topliss-reactive ketones (excluding diaryl/α,β-unsaturated/α-hetero) is 1. The Labute approximate surface area is 406 Å². The van der Waals surface area contributed by atoms with Crippen LogP contribution in [0.2, 0.25) is 0 Å². The quantitative estimate of drug-likeness (QED) is 0.0615. The first-order valence-electron chi connectivity index (χ1n) is 23.9. The van der Waals surface area contributed by atoms with Gasteiger partial charge in [0.1, 0.15) is 19.0 Å². The van der Waals surface area contributed by atoms with Crippen LogP contribution in [-0.4, -0.2) is 157 Å². The van der Waals surface area contributed by atoms with E-state index in [-0.39, 0.29) is 42.9 Å². The molecule has 3 aromatic rings. The Morgan fingerprint density at radius 1 is 0.667 bits per heavy atom. The van der Waals surface area contributed by atoms with Crippen molar-refractivity contribution in [3.63, 3.8) is 0 Å². The minimum Gasteiger partial charge on any atom is -0.493 e. The number of benzene rings is 3. The molecule has 2 amide bonds. The van der Waals surface area contributed by atoms with Crippen LogP contribution in [-0.2, 0) is 32.2 Å². The monoisotopic (exact) mass is 948 g/mol. The molecule has 16 heteroatoms. The highest BCUT2D eigenvalue weighted by Crippen LogP contribution is 2.41. The number of methoxy groups -OCH3 is 3. The highest BCUT2D eigenvalue weighted by Gasteiger charge is 2.36. The molecule has 2 fully saturated rings. The third-order valence-electron chi connectivity index (χ3n) is 13.0. The molecule has 2 saturated heterocycles. The number of amides is 2. The van der Waals surface area contributed by atoms with Gasteiger partial charge in [-0.3, -0.25) is 24.5 Å². The summed E-state index contributed by atoms with van der Waals surface area (Å²) in [6.45, 7) is 12.6. The highest BCUT2D eigenvalue weighted by molar-refractivity contribution is 6.05. The average molecular weight is 949 g/mol. The number of carbonyl (C=O) groups excluding carboxylic acids is 3. The van der Waals surface area contributed by atoms with Crippen LogP contribution >= 0.6 is 0 Å². The second kappa shape index (κ2) is 24.5. The molecule has 0 aliphatic carbocycles. The molecule has 0 spiro atoms. The Balaban J connectivity index is 1.11. The van der Waals surface area contributed by atoms with Gasteiger partial charge in [-0.15, -0.1) is 0 Å². The third kappa shape index (κ3) is 13.0. The van der Waals surface area contributed by atoms with Crippen molar-refractivity contribution in [3.8, 4) is 23.0 Å². The second-order valence-corrected chi connectivity index (χ2v) is 17.8. The predicted molar refractivity (Wildman–Crippen MR) is 267 cm³/mol. The molecule has 4 aliphatic heterocycles. The maximum atomic E-state index is 13.8. The standard InChI is InChI=1S/C53H68N6O10/c1-8-37-22-42-30-54-46-28-50(48(64-6)26-44(46)52(61)58(42)32-37)68-34-39-21-40(35-69-51-29-47-45(27-49(51)65-7)53(62)59-33-38(9-2)23-43(59)31-55-47)25-41(24-39)56(4)13-14-57(12-10-11-36(3)60)15-16-66-19-20-67-18-17-63-5/h8-9,21,24-31,42-43H,10-20,22-23,32-35H2,1-7H3/b37-8+,38-9+/t42-,43-/m0/s1. The summed E-state index contributed by atoms with van der Waals surface area (Å²) in [5.41, 5.74) is 7.12. The lowest BCUT2D eigenvalue weighted by molar-refractivity contribution is -0.117. The van der Waals surface area contributed by atoms with Crippen molar-refractivity contribution in [2.45, 2.75) is 71.8 Å². The predicted octanol–water partition coefficient (Wildman–Crippen LogP) is 7.40. The van der Waals surface area contributed by atoms with Crippen LogP contribution in [0.1, 0.15) is 78.3 Å². The molecule has 370 valence electrons. The third-order valence-corrected chi connectivity index (χ3v) is 13.0. The summed E-state index contributed by atoms with van der Waals surface area (Å²) in [6, 6.07) is 13.0. The summed E-state index contributed by atoms with van der Waals surface area (Å²) >= 11 is 0. The number of likely N-dealkylation sites (N-methyl/N-ethyl adjacent to an activating group) is 1. The fourth-order valence-electron chi connectivity index (χ4n) is 8.95. The van der Waals surface area contributed by atoms with Crippen LogP contribution < -0.4 is 23.8 Å². The van der Waals surface area contributed by atoms with Gasteiger partial charge in [-0.05, 0) is 88.0 Å². The zero-order chi connectivity index (χ0) is 48.9. The normalized spacial score (nSPS) is 18.3. The van der Waals surface area contributed by atoms with Gasteiger partial charge in [0.05, 0.1) is 81.8 Å². The maximum Gasteiger partial charge on any atom is 0.257 e. The molecule has 0 N–H and O–H groups in total. The van der Waals surface area contributed by atoms with Gasteiger partial charge < -0.3 is 52.7 Å². The van der Waals surface area contributed by atoms with Gasteiger partial charge in [0.15, 0.2) is 23.0 Å². The van der Waals surface area contributed by atoms with E-state index >= 15 is 0 Å². The molecule has 0 bridgehead atoms. The second-order valence-electron chi connectivity index (χ2n) is 17.8. The fraction of sp³-hybridized carbons (Fsp3) is 0.491. The first kappa shape index (κ1) is 50.8. The largest absolute Gasteiger partial charge is 0.493 e. The minimum atomic E-state index is -0.102. The molecule has 4 heterocycles. The van der Waals surface area contributed by atoms with Crippen molar-refractivity contribution >= 4 is 47.1 Å². The Hall–Kier alpha value is -6.07. The Morgan fingerprint density at radius 3 is 1.68 bits per heavy atom. The highest BCUT2D eigenvalue weighted by atomic mass is 16.5. The van der Waals surface area contributed by atoms with Crippen LogP contribution in [0.3, 0.4) is 0 Å². The van der Waals surface area contributed by atoms with Crippen LogP contribution in [0, 0.1) is 0 Å². The number of carbonyl (C=O) groups is 3. The molecule has 3 aromatic carbocycles. The Kier molecular flexibility index (Phi) is 18.0. The maximum absolute atomic E-state index is 13.8. The molecule has 0 unspecified atom stereocenters. The fourth-order valence-corrected chi connectivity index (χ4v) is 8.95. The molecule has 16 nitrogen and oxygen atoms in total. The van der Waals surface area contributed by atoms with Crippen molar-refractivity contribution in [1.82, 2.24) is 14.7 Å². The van der Waals surface area contributed by atoms with Crippen molar-refractivity contribution in [2.75, 3.05) is 106 Å². The van der Waals surface area contributed by atoms with E-state index in [0.29, 0.717) is 111 Å². The Morgan fingerprint density at radius 2 is 1.19 bits per heavy atom. The van der Waals surface area contributed by atoms with Gasteiger partial charge >= 0.3 is 0 Å². The van der Waals surface area contributed by atoms with Crippen molar-refractivity contribution in [2.24, 2.45) is 9.98 Å². The summed E-state index contributed by atoms with van der Waals surface area (Å²) in [7, 11) is 6.83. The van der Waals surface area contributed by atoms with Crippen molar-refractivity contribution in [3.05, 3.63) is 88.0 Å². The zero-order valence-electron chi connectivity index (χ0n) is 41.3. The van der Waals surface area contributed by atoms with E-state index in [1.54, 1.807) is 52.5 Å². The van der Waals surface area contributed by atoms with E-state index in [2.05, 4.69) is 41.1 Å². The van der Waals surface area contributed by atoms with Crippen LogP contribution in [0.4, 0.5) is 17.1 Å². The molecule has 0 aromatic heterocycles. The number of allylic oxidation sites excluding steroid dienone is 2. The average Bonchev–Trinajstić information content (AvgIpc) is 3.93. The van der Waals surface area contributed by atoms with Crippen LogP contribution in [0.15, 0.2) is 75.7 Å². The Bertz CT molecular complexity index is 2300. The molecule has 0 radical (unpaired) electrons. The lowest BCUT2D eigenvalue weighted by atomic mass is 10.1. The SMILES string of the molecule is C/C=C1\C[C@H]2C=Nc3cc(OCc4cc(COc5cc6c(cc5OC)C(=O)N5C/C(=C/C)C[C@H]5C=N6)cc(N(C)CCN(CCCC(C)=O)CCOCCOCCOC)c4)c(OC)cc3C(=O)N2C1. The van der Waals surface area contributed by atoms with Crippen molar-refractivity contribution < 1.29 is 47.5 Å². The van der Waals surface area contributed by atoms with Gasteiger partial charge in [0.25, 0.3) is 11.8 Å².